The van der Waals surface area contributed by atoms with E-state index >= 15 is 0 Å². The highest BCUT2D eigenvalue weighted by Crippen LogP contribution is 2.26. The molecule has 0 radical (unpaired) electrons. The van der Waals surface area contributed by atoms with E-state index in [-0.39, 0.29) is 30.1 Å². The van der Waals surface area contributed by atoms with Crippen molar-refractivity contribution in [3.05, 3.63) is 47.7 Å². The molecule has 2 aromatic heterocycles. The lowest BCUT2D eigenvalue weighted by molar-refractivity contribution is -0.274. The number of aromatic nitrogens is 4. The molecule has 7 nitrogen and oxygen atoms in total. The maximum absolute atomic E-state index is 14.1. The van der Waals surface area contributed by atoms with Crippen molar-refractivity contribution in [2.24, 2.45) is 0 Å². The molecule has 2 heterocycles. The van der Waals surface area contributed by atoms with E-state index in [1.807, 2.05) is 0 Å². The minimum absolute atomic E-state index is 0.0646. The Morgan fingerprint density at radius 2 is 1.97 bits per heavy atom. The second kappa shape index (κ2) is 7.97. The van der Waals surface area contributed by atoms with E-state index < -0.39 is 35.6 Å². The first-order chi connectivity index (χ1) is 13.9. The lowest BCUT2D eigenvalue weighted by Gasteiger charge is -2.25. The van der Waals surface area contributed by atoms with Gasteiger partial charge in [-0.2, -0.15) is 14.6 Å². The molecule has 162 valence electrons. The normalized spacial score (nSPS) is 14.2. The summed E-state index contributed by atoms with van der Waals surface area (Å²) < 4.78 is 81.6. The van der Waals surface area contributed by atoms with E-state index in [0.29, 0.717) is 6.07 Å². The van der Waals surface area contributed by atoms with Crippen LogP contribution in [-0.2, 0) is 6.42 Å². The van der Waals surface area contributed by atoms with Gasteiger partial charge in [0.1, 0.15) is 29.4 Å². The fraction of sp³-hybridized carbons (Fsp3) is 0.353. The van der Waals surface area contributed by atoms with Gasteiger partial charge < -0.3 is 15.2 Å². The summed E-state index contributed by atoms with van der Waals surface area (Å²) in [4.78, 5) is 7.39. The fourth-order valence-corrected chi connectivity index (χ4v) is 2.69. The predicted octanol–water partition coefficient (Wildman–Crippen LogP) is 3.51. The highest BCUT2D eigenvalue weighted by molar-refractivity contribution is 5.45. The van der Waals surface area contributed by atoms with Gasteiger partial charge in [0.25, 0.3) is 12.2 Å². The minimum atomic E-state index is -4.96. The van der Waals surface area contributed by atoms with E-state index in [1.165, 1.54) is 6.92 Å². The summed E-state index contributed by atoms with van der Waals surface area (Å²) in [5, 5.41) is 17.1. The molecule has 0 spiro atoms. The fourth-order valence-electron chi connectivity index (χ4n) is 2.69. The molecule has 0 amide bonds. The van der Waals surface area contributed by atoms with E-state index in [1.54, 1.807) is 0 Å². The zero-order valence-electron chi connectivity index (χ0n) is 15.3. The number of nitrogens with one attached hydrogen (secondary N) is 1. The SMILES string of the molecule is C[C@](O)(CNc1cc(C(F)F)nc2ncnn12)Cc1ccc(OC(F)(F)F)cc1F. The number of halogens is 6. The zero-order valence-corrected chi connectivity index (χ0v) is 15.3. The molecule has 0 aliphatic carbocycles. The van der Waals surface area contributed by atoms with Gasteiger partial charge in [0.15, 0.2) is 0 Å². The lowest BCUT2D eigenvalue weighted by Crippen LogP contribution is -2.36. The molecule has 0 aliphatic rings. The first kappa shape index (κ1) is 21.6. The third kappa shape index (κ3) is 5.28. The Labute approximate surface area is 165 Å². The average Bonchev–Trinajstić information content (AvgIpc) is 3.09. The lowest BCUT2D eigenvalue weighted by atomic mass is 9.96. The van der Waals surface area contributed by atoms with Gasteiger partial charge in [-0.3, -0.25) is 0 Å². The Morgan fingerprint density at radius 3 is 2.60 bits per heavy atom. The summed E-state index contributed by atoms with van der Waals surface area (Å²) in [6, 6.07) is 3.57. The van der Waals surface area contributed by atoms with Gasteiger partial charge in [0, 0.05) is 25.1 Å². The van der Waals surface area contributed by atoms with Gasteiger partial charge in [-0.15, -0.1) is 13.2 Å². The highest BCUT2D eigenvalue weighted by atomic mass is 19.4. The molecule has 3 aromatic rings. The molecule has 1 aromatic carbocycles. The van der Waals surface area contributed by atoms with E-state index in [9.17, 15) is 31.4 Å². The Morgan fingerprint density at radius 1 is 1.23 bits per heavy atom. The van der Waals surface area contributed by atoms with Gasteiger partial charge in [-0.05, 0) is 18.6 Å². The summed E-state index contributed by atoms with van der Waals surface area (Å²) in [6.07, 6.45) is -7.00. The molecule has 0 saturated carbocycles. The van der Waals surface area contributed by atoms with Crippen molar-refractivity contribution < 1.29 is 36.2 Å². The standard InChI is InChI=1S/C17H15F6N5O2/c1-16(29,6-9-2-3-10(4-11(9)18)30-17(21,22)23)7-24-13-5-12(14(19)20)27-15-25-8-26-28(13)15/h2-5,8,14,24,29H,6-7H2,1H3/t16-/m1/s1. The van der Waals surface area contributed by atoms with Crippen LogP contribution in [0.2, 0.25) is 0 Å². The molecule has 13 heteroatoms. The van der Waals surface area contributed by atoms with Crippen LogP contribution in [0.3, 0.4) is 0 Å². The Bertz CT molecular complexity index is 1040. The molecule has 30 heavy (non-hydrogen) atoms. The van der Waals surface area contributed by atoms with Gasteiger partial charge in [-0.25, -0.2) is 18.2 Å². The van der Waals surface area contributed by atoms with Crippen molar-refractivity contribution >= 4 is 11.6 Å². The largest absolute Gasteiger partial charge is 0.573 e. The van der Waals surface area contributed by atoms with Crippen molar-refractivity contribution in [1.82, 2.24) is 19.6 Å². The number of nitrogens with zero attached hydrogens (tertiary/aromatic N) is 4. The number of hydrogen-bond donors (Lipinski definition) is 2. The smallest absolute Gasteiger partial charge is 0.406 e. The molecular weight excluding hydrogens is 420 g/mol. The van der Waals surface area contributed by atoms with Crippen LogP contribution in [0, 0.1) is 5.82 Å². The monoisotopic (exact) mass is 435 g/mol. The van der Waals surface area contributed by atoms with Gasteiger partial charge >= 0.3 is 6.36 Å². The number of rotatable bonds is 7. The third-order valence-corrected chi connectivity index (χ3v) is 3.97. The number of ether oxygens (including phenoxy) is 1. The zero-order chi connectivity index (χ0) is 22.1. The second-order valence-corrected chi connectivity index (χ2v) is 6.67. The molecule has 0 aliphatic heterocycles. The van der Waals surface area contributed by atoms with Crippen LogP contribution in [-0.4, -0.2) is 43.2 Å². The number of fused-ring (bicyclic) bond motifs is 1. The summed E-state index contributed by atoms with van der Waals surface area (Å²) >= 11 is 0. The number of hydrogen-bond acceptors (Lipinski definition) is 6. The topological polar surface area (TPSA) is 84.6 Å². The van der Waals surface area contributed by atoms with Crippen LogP contribution >= 0.6 is 0 Å². The number of aliphatic hydroxyl groups is 1. The van der Waals surface area contributed by atoms with Crippen LogP contribution in [0.25, 0.3) is 5.78 Å². The first-order valence-corrected chi connectivity index (χ1v) is 8.43. The van der Waals surface area contributed by atoms with E-state index in [2.05, 4.69) is 25.1 Å². The third-order valence-electron chi connectivity index (χ3n) is 3.97. The van der Waals surface area contributed by atoms with Crippen LogP contribution in [0.4, 0.5) is 32.2 Å². The van der Waals surface area contributed by atoms with Crippen LogP contribution in [0.1, 0.15) is 24.6 Å². The Kier molecular flexibility index (Phi) is 5.74. The summed E-state index contributed by atoms with van der Waals surface area (Å²) in [7, 11) is 0. The van der Waals surface area contributed by atoms with E-state index in [0.717, 1.165) is 29.0 Å². The van der Waals surface area contributed by atoms with Crippen LogP contribution in [0.15, 0.2) is 30.6 Å². The van der Waals surface area contributed by atoms with Crippen LogP contribution in [0.5, 0.6) is 5.75 Å². The van der Waals surface area contributed by atoms with E-state index in [4.69, 9.17) is 0 Å². The molecule has 0 bridgehead atoms. The summed E-state index contributed by atoms with van der Waals surface area (Å²) in [6.45, 7) is 1.11. The molecule has 0 unspecified atom stereocenters. The quantitative estimate of drug-likeness (QED) is 0.553. The molecule has 2 N–H and O–H groups in total. The maximum Gasteiger partial charge on any atom is 0.573 e. The number of anilines is 1. The van der Waals surface area contributed by atoms with Gasteiger partial charge in [-0.1, -0.05) is 6.07 Å². The Hall–Kier alpha value is -3.09. The van der Waals surface area contributed by atoms with Crippen molar-refractivity contribution in [3.8, 4) is 5.75 Å². The molecular formula is C17H15F6N5O2. The number of benzene rings is 1. The second-order valence-electron chi connectivity index (χ2n) is 6.67. The molecule has 0 fully saturated rings. The molecule has 0 saturated heterocycles. The summed E-state index contributed by atoms with van der Waals surface area (Å²) in [5.74, 6) is -1.74. The van der Waals surface area contributed by atoms with Crippen molar-refractivity contribution in [1.29, 1.82) is 0 Å². The highest BCUT2D eigenvalue weighted by Gasteiger charge is 2.31. The van der Waals surface area contributed by atoms with Crippen molar-refractivity contribution in [2.75, 3.05) is 11.9 Å². The molecule has 3 rings (SSSR count). The maximum atomic E-state index is 14.1. The average molecular weight is 435 g/mol. The van der Waals surface area contributed by atoms with Crippen molar-refractivity contribution in [2.45, 2.75) is 31.7 Å². The van der Waals surface area contributed by atoms with Gasteiger partial charge in [0.2, 0.25) is 0 Å². The molecule has 1 atom stereocenters. The van der Waals surface area contributed by atoms with Crippen molar-refractivity contribution in [3.63, 3.8) is 0 Å². The minimum Gasteiger partial charge on any atom is -0.406 e. The Balaban J connectivity index is 1.73. The first-order valence-electron chi connectivity index (χ1n) is 8.43. The number of alkyl halides is 5. The van der Waals surface area contributed by atoms with Crippen LogP contribution < -0.4 is 10.1 Å². The summed E-state index contributed by atoms with van der Waals surface area (Å²) in [5.41, 5.74) is -2.22. The van der Waals surface area contributed by atoms with Gasteiger partial charge in [0.05, 0.1) is 5.60 Å². The predicted molar refractivity (Wildman–Crippen MR) is 91.6 cm³/mol.